The number of carbonyl (C=O) groups excluding carboxylic acids is 3. The van der Waals surface area contributed by atoms with Gasteiger partial charge in [0, 0.05) is 24.1 Å². The van der Waals surface area contributed by atoms with E-state index in [0.29, 0.717) is 11.4 Å². The van der Waals surface area contributed by atoms with E-state index in [1.165, 1.54) is 24.3 Å². The van der Waals surface area contributed by atoms with Crippen molar-refractivity contribution in [1.82, 2.24) is 25.9 Å². The summed E-state index contributed by atoms with van der Waals surface area (Å²) in [4.78, 5) is 66.7. The third kappa shape index (κ3) is 10.1. The normalized spacial score (nSPS) is 14.4. The van der Waals surface area contributed by atoms with E-state index < -0.39 is 60.2 Å². The van der Waals surface area contributed by atoms with E-state index in [1.54, 1.807) is 6.26 Å². The van der Waals surface area contributed by atoms with E-state index in [-0.39, 0.29) is 18.6 Å². The molecule has 0 aliphatic carbocycles. The van der Waals surface area contributed by atoms with Crippen LogP contribution in [0.1, 0.15) is 18.5 Å². The summed E-state index contributed by atoms with van der Waals surface area (Å²) >= 11 is 5.35. The number of aromatic amines is 1. The fourth-order valence-electron chi connectivity index (χ4n) is 2.61. The minimum atomic E-state index is -1.67. The number of amides is 3. The number of carboxylic acid groups (broad SMARTS) is 2. The van der Waals surface area contributed by atoms with Crippen molar-refractivity contribution >= 4 is 54.1 Å². The van der Waals surface area contributed by atoms with E-state index in [1.807, 2.05) is 0 Å². The summed E-state index contributed by atoms with van der Waals surface area (Å²) in [6, 6.07) is -4.92. The Hall–Kier alpha value is -2.78. The molecule has 1 rings (SSSR count). The summed E-state index contributed by atoms with van der Waals surface area (Å²) in [6.07, 6.45) is 3.97. The fraction of sp³-hybridized carbons (Fsp3) is 0.556. The molecule has 1 aromatic heterocycles. The number of carbonyl (C=O) groups is 5. The number of nitrogens with two attached hydrogens (primary N) is 1. The number of nitrogens with one attached hydrogen (secondary N) is 4. The Bertz CT molecular complexity index is 823. The van der Waals surface area contributed by atoms with Gasteiger partial charge in [-0.3, -0.25) is 19.2 Å². The molecule has 4 atom stereocenters. The molecule has 0 aromatic carbocycles. The van der Waals surface area contributed by atoms with Crippen LogP contribution in [-0.2, 0) is 30.4 Å². The monoisotopic (exact) mass is 504 g/mol. The predicted octanol–water partition coefficient (Wildman–Crippen LogP) is -2.02. The molecule has 8 N–H and O–H groups in total. The van der Waals surface area contributed by atoms with E-state index in [2.05, 4.69) is 38.5 Å². The van der Waals surface area contributed by atoms with Crippen molar-refractivity contribution in [3.05, 3.63) is 18.2 Å². The van der Waals surface area contributed by atoms with Crippen molar-refractivity contribution < 1.29 is 34.2 Å². The fourth-order valence-corrected chi connectivity index (χ4v) is 3.25. The highest BCUT2D eigenvalue weighted by molar-refractivity contribution is 7.98. The summed E-state index contributed by atoms with van der Waals surface area (Å²) < 4.78 is 0. The molecule has 15 heteroatoms. The van der Waals surface area contributed by atoms with Crippen LogP contribution in [0.2, 0.25) is 0 Å². The molecule has 33 heavy (non-hydrogen) atoms. The first-order valence-corrected chi connectivity index (χ1v) is 11.8. The van der Waals surface area contributed by atoms with Gasteiger partial charge in [-0.25, -0.2) is 9.78 Å². The van der Waals surface area contributed by atoms with Gasteiger partial charge < -0.3 is 36.9 Å². The van der Waals surface area contributed by atoms with Gasteiger partial charge in [0.2, 0.25) is 17.7 Å². The lowest BCUT2D eigenvalue weighted by atomic mass is 10.1. The number of hydrogen-bond acceptors (Lipinski definition) is 9. The smallest absolute Gasteiger partial charge is 0.326 e. The zero-order valence-corrected chi connectivity index (χ0v) is 19.5. The van der Waals surface area contributed by atoms with Crippen molar-refractivity contribution in [2.45, 2.75) is 43.4 Å². The molecule has 0 bridgehead atoms. The predicted molar refractivity (Wildman–Crippen MR) is 123 cm³/mol. The maximum atomic E-state index is 13.0. The second-order valence-electron chi connectivity index (χ2n) is 6.97. The van der Waals surface area contributed by atoms with Crippen LogP contribution in [0.25, 0.3) is 0 Å². The lowest BCUT2D eigenvalue weighted by Gasteiger charge is -2.24. The minimum Gasteiger partial charge on any atom is -0.481 e. The van der Waals surface area contributed by atoms with Gasteiger partial charge in [0.25, 0.3) is 0 Å². The number of H-pyrrole nitrogens is 1. The molecular formula is C18H28N6O7S2. The van der Waals surface area contributed by atoms with Crippen LogP contribution in [0.3, 0.4) is 0 Å². The Labute approximate surface area is 199 Å². The Morgan fingerprint density at radius 3 is 2.21 bits per heavy atom. The maximum absolute atomic E-state index is 13.0. The lowest BCUT2D eigenvalue weighted by Crippen LogP contribution is -2.58. The van der Waals surface area contributed by atoms with Gasteiger partial charge in [0.15, 0.2) is 0 Å². The van der Waals surface area contributed by atoms with Gasteiger partial charge in [0.1, 0.15) is 18.1 Å². The molecule has 0 saturated heterocycles. The first kappa shape index (κ1) is 28.3. The van der Waals surface area contributed by atoms with Crippen molar-refractivity contribution in [1.29, 1.82) is 0 Å². The third-order valence-corrected chi connectivity index (χ3v) is 5.42. The zero-order chi connectivity index (χ0) is 25.0. The summed E-state index contributed by atoms with van der Waals surface area (Å²) in [5, 5.41) is 25.2. The Kier molecular flexibility index (Phi) is 12.3. The largest absolute Gasteiger partial charge is 0.481 e. The van der Waals surface area contributed by atoms with Crippen LogP contribution in [0.5, 0.6) is 0 Å². The maximum Gasteiger partial charge on any atom is 0.326 e. The molecule has 1 aromatic rings. The Morgan fingerprint density at radius 1 is 1.09 bits per heavy atom. The van der Waals surface area contributed by atoms with Crippen LogP contribution in [-0.4, -0.2) is 91.8 Å². The molecule has 0 saturated carbocycles. The highest BCUT2D eigenvalue weighted by atomic mass is 32.2. The molecule has 0 fully saturated rings. The van der Waals surface area contributed by atoms with Gasteiger partial charge >= 0.3 is 11.9 Å². The highest BCUT2D eigenvalue weighted by Crippen LogP contribution is 2.06. The lowest BCUT2D eigenvalue weighted by molar-refractivity contribution is -0.147. The van der Waals surface area contributed by atoms with Crippen LogP contribution in [0.4, 0.5) is 0 Å². The number of rotatable bonds is 15. The molecule has 0 spiro atoms. The highest BCUT2D eigenvalue weighted by Gasteiger charge is 2.31. The standard InChI is InChI=1S/C18H28N6O7S2/c1-33-3-2-11(16(28)24-13(18(30)31)5-14(25)26)22-17(29)12(4-9-6-20-8-21-9)23-15(27)10(19)7-32/h6,8,10-13,32H,2-5,7,19H2,1H3,(H,20,21)(H,22,29)(H,23,27)(H,24,28)(H,25,26)(H,30,31). The van der Waals surface area contributed by atoms with Crippen LogP contribution in [0, 0.1) is 0 Å². The first-order chi connectivity index (χ1) is 15.6. The van der Waals surface area contributed by atoms with Crippen LogP contribution >= 0.6 is 24.4 Å². The second kappa shape index (κ2) is 14.4. The zero-order valence-electron chi connectivity index (χ0n) is 17.8. The second-order valence-corrected chi connectivity index (χ2v) is 8.32. The number of imidazole rings is 1. The Balaban J connectivity index is 3.01. The number of thiol groups is 1. The molecule has 184 valence electrons. The number of hydrogen-bond donors (Lipinski definition) is 8. The number of nitrogens with zero attached hydrogens (tertiary/aromatic N) is 1. The van der Waals surface area contributed by atoms with Crippen molar-refractivity contribution in [2.24, 2.45) is 5.73 Å². The molecule has 3 amide bonds. The number of aromatic nitrogens is 2. The van der Waals surface area contributed by atoms with Gasteiger partial charge in [-0.15, -0.1) is 0 Å². The van der Waals surface area contributed by atoms with Gasteiger partial charge in [-0.05, 0) is 18.4 Å². The average Bonchev–Trinajstić information content (AvgIpc) is 3.27. The molecule has 4 unspecified atom stereocenters. The topological polar surface area (TPSA) is 217 Å². The molecule has 1 heterocycles. The van der Waals surface area contributed by atoms with Crippen LogP contribution in [0.15, 0.2) is 12.5 Å². The van der Waals surface area contributed by atoms with Gasteiger partial charge in [0.05, 0.1) is 18.8 Å². The number of thioether (sulfide) groups is 1. The van der Waals surface area contributed by atoms with E-state index >= 15 is 0 Å². The average molecular weight is 505 g/mol. The van der Waals surface area contributed by atoms with E-state index in [0.717, 1.165) is 0 Å². The van der Waals surface area contributed by atoms with Crippen molar-refractivity contribution in [3.8, 4) is 0 Å². The van der Waals surface area contributed by atoms with E-state index in [9.17, 15) is 29.1 Å². The van der Waals surface area contributed by atoms with Gasteiger partial charge in [-0.1, -0.05) is 0 Å². The summed E-state index contributed by atoms with van der Waals surface area (Å²) in [6.45, 7) is 0. The third-order valence-electron chi connectivity index (χ3n) is 4.38. The van der Waals surface area contributed by atoms with Gasteiger partial charge in [-0.2, -0.15) is 24.4 Å². The SMILES string of the molecule is CSCCC(NC(=O)C(Cc1cnc[nH]1)NC(=O)C(N)CS)C(=O)NC(CC(=O)O)C(=O)O. The number of aliphatic carboxylic acids is 2. The van der Waals surface area contributed by atoms with Crippen LogP contribution < -0.4 is 21.7 Å². The summed E-state index contributed by atoms with van der Waals surface area (Å²) in [5.74, 6) is -4.64. The summed E-state index contributed by atoms with van der Waals surface area (Å²) in [5.41, 5.74) is 6.20. The molecular weight excluding hydrogens is 476 g/mol. The molecule has 0 aliphatic heterocycles. The van der Waals surface area contributed by atoms with Crippen molar-refractivity contribution in [2.75, 3.05) is 17.8 Å². The van der Waals surface area contributed by atoms with Crippen molar-refractivity contribution in [3.63, 3.8) is 0 Å². The number of carboxylic acids is 2. The van der Waals surface area contributed by atoms with E-state index in [4.69, 9.17) is 10.8 Å². The summed E-state index contributed by atoms with van der Waals surface area (Å²) in [7, 11) is 0. The molecule has 0 radical (unpaired) electrons. The Morgan fingerprint density at radius 2 is 1.70 bits per heavy atom. The quantitative estimate of drug-likeness (QED) is 0.123. The first-order valence-electron chi connectivity index (χ1n) is 9.77. The molecule has 13 nitrogen and oxygen atoms in total. The molecule has 0 aliphatic rings. The minimum absolute atomic E-state index is 0.0183.